The highest BCUT2D eigenvalue weighted by Gasteiger charge is 2.08. The van der Waals surface area contributed by atoms with Crippen LogP contribution < -0.4 is 5.73 Å². The van der Waals surface area contributed by atoms with Crippen LogP contribution in [-0.2, 0) is 6.42 Å². The largest absolute Gasteiger partial charge is 0.327 e. The van der Waals surface area contributed by atoms with Crippen molar-refractivity contribution in [1.82, 2.24) is 9.36 Å². The summed E-state index contributed by atoms with van der Waals surface area (Å²) in [5, 5.41) is 1.04. The number of nitrogens with two attached hydrogens (primary N) is 1. The minimum atomic E-state index is 0.234. The van der Waals surface area contributed by atoms with Gasteiger partial charge in [-0.25, -0.2) is 4.98 Å². The van der Waals surface area contributed by atoms with E-state index >= 15 is 0 Å². The summed E-state index contributed by atoms with van der Waals surface area (Å²) < 4.78 is 3.93. The molecule has 1 rings (SSSR count). The first-order valence-electron chi connectivity index (χ1n) is 4.19. The van der Waals surface area contributed by atoms with E-state index in [9.17, 15) is 0 Å². The molecule has 1 heterocycles. The molecule has 0 spiro atoms. The lowest BCUT2D eigenvalue weighted by molar-refractivity contribution is 0.493. The van der Waals surface area contributed by atoms with E-state index < -0.39 is 0 Å². The van der Waals surface area contributed by atoms with Gasteiger partial charge >= 0.3 is 0 Å². The average Bonchev–Trinajstić information content (AvgIpc) is 2.37. The molecule has 0 amide bonds. The van der Waals surface area contributed by atoms with Crippen LogP contribution in [0.2, 0.25) is 0 Å². The van der Waals surface area contributed by atoms with Crippen LogP contribution in [-0.4, -0.2) is 15.4 Å². The van der Waals surface area contributed by atoms with Gasteiger partial charge in [-0.3, -0.25) is 0 Å². The molecular weight excluding hydrogens is 170 g/mol. The summed E-state index contributed by atoms with van der Waals surface area (Å²) in [5.74, 6) is 0.660. The maximum atomic E-state index is 5.90. The lowest BCUT2D eigenvalue weighted by Crippen LogP contribution is -2.24. The summed E-state index contributed by atoms with van der Waals surface area (Å²) in [6.45, 7) is 4.36. The van der Waals surface area contributed by atoms with Crippen LogP contribution in [0.5, 0.6) is 0 Å². The summed E-state index contributed by atoms with van der Waals surface area (Å²) >= 11 is 1.44. The quantitative estimate of drug-likeness (QED) is 0.772. The molecule has 0 aliphatic carbocycles. The molecule has 3 nitrogen and oxygen atoms in total. The first kappa shape index (κ1) is 9.61. The molecule has 0 bridgehead atoms. The molecule has 12 heavy (non-hydrogen) atoms. The van der Waals surface area contributed by atoms with Gasteiger partial charge < -0.3 is 5.73 Å². The van der Waals surface area contributed by atoms with Crippen LogP contribution in [0, 0.1) is 5.92 Å². The normalized spacial score (nSPS) is 13.7. The average molecular weight is 185 g/mol. The van der Waals surface area contributed by atoms with Gasteiger partial charge in [0.2, 0.25) is 0 Å². The van der Waals surface area contributed by atoms with Crippen molar-refractivity contribution in [2.24, 2.45) is 11.7 Å². The third-order valence-electron chi connectivity index (χ3n) is 1.62. The van der Waals surface area contributed by atoms with Gasteiger partial charge in [0.05, 0.1) is 0 Å². The predicted molar refractivity (Wildman–Crippen MR) is 51.0 cm³/mol. The Morgan fingerprint density at radius 3 is 2.83 bits per heavy atom. The Bertz CT molecular complexity index is 208. The van der Waals surface area contributed by atoms with E-state index in [1.807, 2.05) is 0 Å². The molecule has 0 radical (unpaired) electrons. The highest BCUT2D eigenvalue weighted by Crippen LogP contribution is 2.09. The monoisotopic (exact) mass is 185 g/mol. The summed E-state index contributed by atoms with van der Waals surface area (Å²) in [5.41, 5.74) is 5.90. The van der Waals surface area contributed by atoms with Gasteiger partial charge in [-0.1, -0.05) is 13.8 Å². The topological polar surface area (TPSA) is 51.8 Å². The standard InChI is InChI=1S/C8H15N3S/c1-6(2)3-7(9)4-8-10-5-11-12-8/h5-7H,3-4,9H2,1-2H3. The lowest BCUT2D eigenvalue weighted by Gasteiger charge is -2.11. The van der Waals surface area contributed by atoms with Crippen LogP contribution >= 0.6 is 11.5 Å². The molecular formula is C8H15N3S. The van der Waals surface area contributed by atoms with E-state index in [0.29, 0.717) is 5.92 Å². The minimum Gasteiger partial charge on any atom is -0.327 e. The van der Waals surface area contributed by atoms with Gasteiger partial charge in [-0.15, -0.1) is 0 Å². The molecule has 0 fully saturated rings. The maximum Gasteiger partial charge on any atom is 0.129 e. The van der Waals surface area contributed by atoms with Gasteiger partial charge in [0.15, 0.2) is 0 Å². The zero-order chi connectivity index (χ0) is 8.97. The molecule has 68 valence electrons. The second-order valence-electron chi connectivity index (χ2n) is 3.43. The Morgan fingerprint density at radius 2 is 2.33 bits per heavy atom. The van der Waals surface area contributed by atoms with E-state index in [1.54, 1.807) is 6.33 Å². The fraction of sp³-hybridized carbons (Fsp3) is 0.750. The van der Waals surface area contributed by atoms with E-state index in [-0.39, 0.29) is 6.04 Å². The maximum absolute atomic E-state index is 5.90. The smallest absolute Gasteiger partial charge is 0.129 e. The highest BCUT2D eigenvalue weighted by molar-refractivity contribution is 7.05. The van der Waals surface area contributed by atoms with Crippen molar-refractivity contribution in [2.75, 3.05) is 0 Å². The van der Waals surface area contributed by atoms with Crippen LogP contribution in [0.3, 0.4) is 0 Å². The second kappa shape index (κ2) is 4.52. The van der Waals surface area contributed by atoms with Gasteiger partial charge in [-0.2, -0.15) is 4.37 Å². The fourth-order valence-electron chi connectivity index (χ4n) is 1.20. The number of rotatable bonds is 4. The lowest BCUT2D eigenvalue weighted by atomic mass is 10.0. The molecule has 1 unspecified atom stereocenters. The van der Waals surface area contributed by atoms with Crippen LogP contribution in [0.25, 0.3) is 0 Å². The Labute approximate surface area is 77.2 Å². The fourth-order valence-corrected chi connectivity index (χ4v) is 1.80. The Morgan fingerprint density at radius 1 is 1.58 bits per heavy atom. The van der Waals surface area contributed by atoms with Crippen LogP contribution in [0.1, 0.15) is 25.3 Å². The summed E-state index contributed by atoms with van der Waals surface area (Å²) in [6, 6.07) is 0.234. The van der Waals surface area contributed by atoms with E-state index in [0.717, 1.165) is 17.8 Å². The minimum absolute atomic E-state index is 0.234. The molecule has 1 aromatic rings. The van der Waals surface area contributed by atoms with Crippen molar-refractivity contribution in [3.8, 4) is 0 Å². The number of hydrogen-bond donors (Lipinski definition) is 1. The zero-order valence-electron chi connectivity index (χ0n) is 7.53. The van der Waals surface area contributed by atoms with Crippen LogP contribution in [0.15, 0.2) is 6.33 Å². The number of aromatic nitrogens is 2. The number of nitrogens with zero attached hydrogens (tertiary/aromatic N) is 2. The third-order valence-corrected chi connectivity index (χ3v) is 2.30. The van der Waals surface area contributed by atoms with E-state index in [1.165, 1.54) is 11.5 Å². The van der Waals surface area contributed by atoms with Gasteiger partial charge in [0, 0.05) is 12.5 Å². The summed E-state index contributed by atoms with van der Waals surface area (Å²) in [6.07, 6.45) is 3.50. The summed E-state index contributed by atoms with van der Waals surface area (Å²) in [7, 11) is 0. The molecule has 1 atom stereocenters. The van der Waals surface area contributed by atoms with Crippen LogP contribution in [0.4, 0.5) is 0 Å². The third kappa shape index (κ3) is 3.28. The first-order valence-corrected chi connectivity index (χ1v) is 4.97. The van der Waals surface area contributed by atoms with Gasteiger partial charge in [-0.05, 0) is 23.9 Å². The molecule has 0 aliphatic rings. The van der Waals surface area contributed by atoms with Crippen molar-refractivity contribution in [3.05, 3.63) is 11.3 Å². The van der Waals surface area contributed by atoms with Crippen molar-refractivity contribution in [1.29, 1.82) is 0 Å². The molecule has 0 aliphatic heterocycles. The van der Waals surface area contributed by atoms with Gasteiger partial charge in [0.1, 0.15) is 11.3 Å². The van der Waals surface area contributed by atoms with Crippen molar-refractivity contribution < 1.29 is 0 Å². The molecule has 2 N–H and O–H groups in total. The SMILES string of the molecule is CC(C)CC(N)Cc1ncns1. The summed E-state index contributed by atoms with van der Waals surface area (Å²) in [4.78, 5) is 4.09. The number of hydrogen-bond acceptors (Lipinski definition) is 4. The first-order chi connectivity index (χ1) is 5.68. The Balaban J connectivity index is 2.32. The molecule has 0 saturated heterocycles. The van der Waals surface area contributed by atoms with Crippen molar-refractivity contribution in [3.63, 3.8) is 0 Å². The molecule has 0 saturated carbocycles. The zero-order valence-corrected chi connectivity index (χ0v) is 8.34. The highest BCUT2D eigenvalue weighted by atomic mass is 32.1. The molecule has 4 heteroatoms. The van der Waals surface area contributed by atoms with Crippen molar-refractivity contribution in [2.45, 2.75) is 32.7 Å². The molecule has 0 aromatic carbocycles. The predicted octanol–water partition coefficient (Wildman–Crippen LogP) is 1.45. The Hall–Kier alpha value is -0.480. The van der Waals surface area contributed by atoms with Crippen molar-refractivity contribution >= 4 is 11.5 Å². The molecule has 1 aromatic heterocycles. The van der Waals surface area contributed by atoms with E-state index in [4.69, 9.17) is 5.73 Å². The Kier molecular flexibility index (Phi) is 3.62. The van der Waals surface area contributed by atoms with E-state index in [2.05, 4.69) is 23.2 Å². The van der Waals surface area contributed by atoms with Gasteiger partial charge in [0.25, 0.3) is 0 Å². The second-order valence-corrected chi connectivity index (χ2v) is 4.29.